The molecule has 1 aromatic rings. The second-order valence-electron chi connectivity index (χ2n) is 6.19. The molecule has 0 atom stereocenters. The number of hydrogen-bond acceptors (Lipinski definition) is 5. The minimum atomic E-state index is -0.507. The maximum absolute atomic E-state index is 11.8. The molecule has 0 bridgehead atoms. The fourth-order valence-corrected chi connectivity index (χ4v) is 1.85. The highest BCUT2D eigenvalue weighted by Crippen LogP contribution is 2.16. The molecule has 0 aliphatic carbocycles. The first-order valence-electron chi connectivity index (χ1n) is 7.93. The fraction of sp³-hybridized carbons (Fsp3) is 0.444. The summed E-state index contributed by atoms with van der Waals surface area (Å²) in [6.45, 7) is 7.95. The zero-order valence-electron chi connectivity index (χ0n) is 14.7. The molecule has 3 N–H and O–H groups in total. The number of carbonyl (C=O) groups is 2. The van der Waals surface area contributed by atoms with E-state index in [2.05, 4.69) is 5.32 Å². The molecule has 1 rings (SSSR count). The van der Waals surface area contributed by atoms with E-state index in [1.54, 1.807) is 19.1 Å². The number of benzene rings is 1. The van der Waals surface area contributed by atoms with Crippen LogP contribution in [0.5, 0.6) is 0 Å². The summed E-state index contributed by atoms with van der Waals surface area (Å²) in [7, 11) is 0. The fourth-order valence-electron chi connectivity index (χ4n) is 1.85. The Bertz CT molecular complexity index is 604. The molecule has 0 heterocycles. The van der Waals surface area contributed by atoms with E-state index in [1.807, 2.05) is 39.0 Å². The normalized spacial score (nSPS) is 11.3. The number of nitrogens with two attached hydrogens (primary N) is 1. The number of ether oxygens (including phenoxy) is 2. The van der Waals surface area contributed by atoms with E-state index >= 15 is 0 Å². The largest absolute Gasteiger partial charge is 0.462 e. The van der Waals surface area contributed by atoms with Crippen molar-refractivity contribution in [1.29, 1.82) is 0 Å². The topological polar surface area (TPSA) is 90.6 Å². The highest BCUT2D eigenvalue weighted by atomic mass is 16.6. The summed E-state index contributed by atoms with van der Waals surface area (Å²) in [4.78, 5) is 23.3. The van der Waals surface area contributed by atoms with Gasteiger partial charge in [-0.2, -0.15) is 0 Å². The Morgan fingerprint density at radius 1 is 1.29 bits per heavy atom. The number of carbonyl (C=O) groups excluding carboxylic acids is 2. The van der Waals surface area contributed by atoms with Gasteiger partial charge in [-0.15, -0.1) is 0 Å². The Morgan fingerprint density at radius 2 is 2.00 bits per heavy atom. The monoisotopic (exact) mass is 334 g/mol. The Kier molecular flexibility index (Phi) is 7.30. The van der Waals surface area contributed by atoms with Crippen molar-refractivity contribution < 1.29 is 19.1 Å². The summed E-state index contributed by atoms with van der Waals surface area (Å²) in [6, 6.07) is 5.17. The molecule has 0 aliphatic rings. The Balaban J connectivity index is 2.52. The molecular formula is C18H26N2O4. The number of anilines is 1. The van der Waals surface area contributed by atoms with Crippen LogP contribution in [-0.4, -0.2) is 30.8 Å². The molecule has 0 fully saturated rings. The van der Waals surface area contributed by atoms with Crippen molar-refractivity contribution >= 4 is 23.8 Å². The molecule has 0 spiro atoms. The molecule has 6 heteroatoms. The van der Waals surface area contributed by atoms with Crippen LogP contribution in [0.25, 0.3) is 6.08 Å². The molecule has 6 nitrogen and oxygen atoms in total. The molecule has 0 saturated carbocycles. The van der Waals surface area contributed by atoms with Crippen LogP contribution in [0.3, 0.4) is 0 Å². The van der Waals surface area contributed by atoms with Gasteiger partial charge in [0.1, 0.15) is 5.60 Å². The van der Waals surface area contributed by atoms with E-state index in [1.165, 1.54) is 0 Å². The SMILES string of the molecule is CCOC(=O)c1cc(C=CCCNC(=O)OC(C)(C)C)ccc1N. The molecule has 132 valence electrons. The van der Waals surface area contributed by atoms with Gasteiger partial charge in [-0.3, -0.25) is 0 Å². The predicted molar refractivity (Wildman–Crippen MR) is 94.7 cm³/mol. The number of amides is 1. The molecule has 1 aromatic carbocycles. The van der Waals surface area contributed by atoms with Gasteiger partial charge in [0.05, 0.1) is 12.2 Å². The number of rotatable bonds is 6. The zero-order chi connectivity index (χ0) is 18.2. The minimum Gasteiger partial charge on any atom is -0.462 e. The number of nitrogens with one attached hydrogen (secondary N) is 1. The van der Waals surface area contributed by atoms with Crippen molar-refractivity contribution in [2.24, 2.45) is 0 Å². The van der Waals surface area contributed by atoms with E-state index < -0.39 is 17.7 Å². The van der Waals surface area contributed by atoms with E-state index in [4.69, 9.17) is 15.2 Å². The Hall–Kier alpha value is -2.50. The zero-order valence-corrected chi connectivity index (χ0v) is 14.7. The Morgan fingerprint density at radius 3 is 2.62 bits per heavy atom. The lowest BCUT2D eigenvalue weighted by Gasteiger charge is -2.19. The number of nitrogen functional groups attached to an aromatic ring is 1. The third-order valence-electron chi connectivity index (χ3n) is 2.86. The lowest BCUT2D eigenvalue weighted by atomic mass is 10.1. The second-order valence-corrected chi connectivity index (χ2v) is 6.19. The van der Waals surface area contributed by atoms with Gasteiger partial charge < -0.3 is 20.5 Å². The molecule has 0 aromatic heterocycles. The van der Waals surface area contributed by atoms with E-state index in [9.17, 15) is 9.59 Å². The highest BCUT2D eigenvalue weighted by Gasteiger charge is 2.15. The van der Waals surface area contributed by atoms with Gasteiger partial charge in [0.2, 0.25) is 0 Å². The first-order valence-corrected chi connectivity index (χ1v) is 7.93. The van der Waals surface area contributed by atoms with Crippen LogP contribution in [0.2, 0.25) is 0 Å². The van der Waals surface area contributed by atoms with Gasteiger partial charge in [-0.25, -0.2) is 9.59 Å². The summed E-state index contributed by atoms with van der Waals surface area (Å²) in [5, 5.41) is 2.67. The molecule has 0 radical (unpaired) electrons. The van der Waals surface area contributed by atoms with E-state index in [0.717, 1.165) is 5.56 Å². The molecule has 0 aliphatic heterocycles. The second kappa shape index (κ2) is 8.96. The van der Waals surface area contributed by atoms with E-state index in [0.29, 0.717) is 30.8 Å². The average Bonchev–Trinajstić information content (AvgIpc) is 2.46. The van der Waals surface area contributed by atoms with Crippen LogP contribution in [0, 0.1) is 0 Å². The van der Waals surface area contributed by atoms with Crippen LogP contribution in [-0.2, 0) is 9.47 Å². The molecular weight excluding hydrogens is 308 g/mol. The van der Waals surface area contributed by atoms with Crippen LogP contribution in [0.1, 0.15) is 50.0 Å². The third-order valence-corrected chi connectivity index (χ3v) is 2.86. The summed E-state index contributed by atoms with van der Waals surface area (Å²) < 4.78 is 10.1. The smallest absolute Gasteiger partial charge is 0.407 e. The van der Waals surface area contributed by atoms with Crippen LogP contribution >= 0.6 is 0 Å². The number of esters is 1. The van der Waals surface area contributed by atoms with Crippen molar-refractivity contribution in [3.63, 3.8) is 0 Å². The maximum atomic E-state index is 11.8. The number of alkyl carbamates (subject to hydrolysis) is 1. The van der Waals surface area contributed by atoms with Gasteiger partial charge >= 0.3 is 12.1 Å². The van der Waals surface area contributed by atoms with Crippen LogP contribution in [0.4, 0.5) is 10.5 Å². The quantitative estimate of drug-likeness (QED) is 0.473. The average molecular weight is 334 g/mol. The molecule has 0 saturated heterocycles. The third kappa shape index (κ3) is 7.17. The summed E-state index contributed by atoms with van der Waals surface area (Å²) in [5.41, 5.74) is 6.86. The molecule has 1 amide bonds. The standard InChI is InChI=1S/C18H26N2O4/c1-5-23-16(21)14-12-13(9-10-15(14)19)8-6-7-11-20-17(22)24-18(2,3)4/h6,8-10,12H,5,7,11,19H2,1-4H3,(H,20,22). The van der Waals surface area contributed by atoms with Gasteiger partial charge in [0, 0.05) is 12.2 Å². The van der Waals surface area contributed by atoms with Crippen molar-refractivity contribution in [2.75, 3.05) is 18.9 Å². The van der Waals surface area contributed by atoms with Crippen molar-refractivity contribution in [3.05, 3.63) is 35.4 Å². The summed E-state index contributed by atoms with van der Waals surface area (Å²) >= 11 is 0. The van der Waals surface area contributed by atoms with Gasteiger partial charge in [-0.05, 0) is 51.8 Å². The summed E-state index contributed by atoms with van der Waals surface area (Å²) in [6.07, 6.45) is 3.96. The number of hydrogen-bond donors (Lipinski definition) is 2. The Labute approximate surface area is 143 Å². The first kappa shape index (κ1) is 19.5. The maximum Gasteiger partial charge on any atom is 0.407 e. The minimum absolute atomic E-state index is 0.300. The van der Waals surface area contributed by atoms with Gasteiger partial charge in [0.15, 0.2) is 0 Å². The van der Waals surface area contributed by atoms with Gasteiger partial charge in [-0.1, -0.05) is 18.2 Å². The predicted octanol–water partition coefficient (Wildman–Crippen LogP) is 3.37. The lowest BCUT2D eigenvalue weighted by molar-refractivity contribution is 0.0517. The molecule has 24 heavy (non-hydrogen) atoms. The summed E-state index contributed by atoms with van der Waals surface area (Å²) in [5.74, 6) is -0.433. The van der Waals surface area contributed by atoms with Crippen molar-refractivity contribution in [2.45, 2.75) is 39.7 Å². The van der Waals surface area contributed by atoms with Gasteiger partial charge in [0.25, 0.3) is 0 Å². The van der Waals surface area contributed by atoms with E-state index in [-0.39, 0.29) is 0 Å². The van der Waals surface area contributed by atoms with Crippen molar-refractivity contribution in [3.8, 4) is 0 Å². The van der Waals surface area contributed by atoms with Crippen LogP contribution < -0.4 is 11.1 Å². The molecule has 0 unspecified atom stereocenters. The van der Waals surface area contributed by atoms with Crippen LogP contribution in [0.15, 0.2) is 24.3 Å². The first-order chi connectivity index (χ1) is 11.2. The van der Waals surface area contributed by atoms with Crippen molar-refractivity contribution in [1.82, 2.24) is 5.32 Å². The highest BCUT2D eigenvalue weighted by molar-refractivity contribution is 5.95. The lowest BCUT2D eigenvalue weighted by Crippen LogP contribution is -2.32.